The average molecular weight is 388 g/mol. The van der Waals surface area contributed by atoms with Crippen LogP contribution in [-0.2, 0) is 19.2 Å². The number of carboxylic acid groups (broad SMARTS) is 1. The molecule has 0 spiro atoms. The van der Waals surface area contributed by atoms with Gasteiger partial charge in [0.2, 0.25) is 17.7 Å². The molecule has 0 saturated carbocycles. The van der Waals surface area contributed by atoms with E-state index in [2.05, 4.69) is 23.3 Å². The lowest BCUT2D eigenvalue weighted by Crippen LogP contribution is -2.58. The zero-order valence-electron chi connectivity index (χ0n) is 15.3. The van der Waals surface area contributed by atoms with Crippen molar-refractivity contribution >= 4 is 36.3 Å². The van der Waals surface area contributed by atoms with E-state index in [1.165, 1.54) is 11.8 Å². The Labute approximate surface area is 158 Å². The van der Waals surface area contributed by atoms with Gasteiger partial charge in [-0.05, 0) is 25.7 Å². The van der Waals surface area contributed by atoms with E-state index in [1.807, 2.05) is 0 Å². The summed E-state index contributed by atoms with van der Waals surface area (Å²) in [5.74, 6) is -2.78. The SMILES string of the molecule is CC(N)C(=O)NC(C(=O)NC(CS)C(=O)N1CCCC1C(=O)O)C(C)C. The summed E-state index contributed by atoms with van der Waals surface area (Å²) in [6.07, 6.45) is 0.975. The molecular weight excluding hydrogens is 360 g/mol. The van der Waals surface area contributed by atoms with Gasteiger partial charge in [-0.25, -0.2) is 4.79 Å². The first-order valence-electron chi connectivity index (χ1n) is 8.60. The number of carbonyl (C=O) groups is 4. The smallest absolute Gasteiger partial charge is 0.326 e. The predicted octanol–water partition coefficient (Wildman–Crippen LogP) is -1.04. The maximum Gasteiger partial charge on any atom is 0.326 e. The van der Waals surface area contributed by atoms with E-state index in [-0.39, 0.29) is 11.7 Å². The zero-order chi connectivity index (χ0) is 20.0. The number of carboxylic acids is 1. The molecule has 1 saturated heterocycles. The molecule has 1 aliphatic heterocycles. The molecule has 1 fully saturated rings. The number of thiol groups is 1. The molecule has 1 rings (SSSR count). The van der Waals surface area contributed by atoms with Gasteiger partial charge in [0, 0.05) is 12.3 Å². The molecular formula is C16H28N4O5S. The lowest BCUT2D eigenvalue weighted by molar-refractivity contribution is -0.149. The average Bonchev–Trinajstić information content (AvgIpc) is 3.05. The molecule has 10 heteroatoms. The van der Waals surface area contributed by atoms with Crippen LogP contribution in [-0.4, -0.2) is 70.2 Å². The summed E-state index contributed by atoms with van der Waals surface area (Å²) in [7, 11) is 0. The first kappa shape index (κ1) is 22.2. The van der Waals surface area contributed by atoms with Crippen molar-refractivity contribution in [3.05, 3.63) is 0 Å². The van der Waals surface area contributed by atoms with E-state index in [9.17, 15) is 24.3 Å². The van der Waals surface area contributed by atoms with Gasteiger partial charge in [-0.2, -0.15) is 12.6 Å². The minimum absolute atomic E-state index is 0.0134. The van der Waals surface area contributed by atoms with Crippen LogP contribution in [0.15, 0.2) is 0 Å². The van der Waals surface area contributed by atoms with Crippen molar-refractivity contribution in [3.63, 3.8) is 0 Å². The fourth-order valence-corrected chi connectivity index (χ4v) is 3.00. The topological polar surface area (TPSA) is 142 Å². The van der Waals surface area contributed by atoms with Crippen LogP contribution in [0.2, 0.25) is 0 Å². The van der Waals surface area contributed by atoms with Crippen LogP contribution in [0.3, 0.4) is 0 Å². The fraction of sp³-hybridized carbons (Fsp3) is 0.750. The van der Waals surface area contributed by atoms with Crippen molar-refractivity contribution < 1.29 is 24.3 Å². The largest absolute Gasteiger partial charge is 0.480 e. The Morgan fingerprint density at radius 3 is 2.27 bits per heavy atom. The predicted molar refractivity (Wildman–Crippen MR) is 98.6 cm³/mol. The van der Waals surface area contributed by atoms with Crippen LogP contribution in [0.4, 0.5) is 0 Å². The summed E-state index contributed by atoms with van der Waals surface area (Å²) >= 11 is 4.11. The van der Waals surface area contributed by atoms with E-state index in [0.29, 0.717) is 19.4 Å². The highest BCUT2D eigenvalue weighted by atomic mass is 32.1. The number of rotatable bonds is 8. The summed E-state index contributed by atoms with van der Waals surface area (Å²) < 4.78 is 0. The van der Waals surface area contributed by atoms with Gasteiger partial charge < -0.3 is 26.4 Å². The normalized spacial score (nSPS) is 20.4. The third kappa shape index (κ3) is 5.60. The Morgan fingerprint density at radius 2 is 1.81 bits per heavy atom. The highest BCUT2D eigenvalue weighted by molar-refractivity contribution is 7.80. The zero-order valence-corrected chi connectivity index (χ0v) is 16.2. The molecule has 0 aliphatic carbocycles. The molecule has 26 heavy (non-hydrogen) atoms. The summed E-state index contributed by atoms with van der Waals surface area (Å²) in [4.78, 5) is 49.5. The van der Waals surface area contributed by atoms with Crippen LogP contribution >= 0.6 is 12.6 Å². The monoisotopic (exact) mass is 388 g/mol. The number of nitrogens with one attached hydrogen (secondary N) is 2. The third-order valence-corrected chi connectivity index (χ3v) is 4.64. The summed E-state index contributed by atoms with van der Waals surface area (Å²) in [5.41, 5.74) is 5.51. The second-order valence-electron chi connectivity index (χ2n) is 6.79. The highest BCUT2D eigenvalue weighted by Gasteiger charge is 2.38. The number of likely N-dealkylation sites (tertiary alicyclic amines) is 1. The molecule has 1 heterocycles. The second-order valence-corrected chi connectivity index (χ2v) is 7.16. The molecule has 148 valence electrons. The Morgan fingerprint density at radius 1 is 1.19 bits per heavy atom. The van der Waals surface area contributed by atoms with E-state index >= 15 is 0 Å². The van der Waals surface area contributed by atoms with E-state index in [1.54, 1.807) is 13.8 Å². The van der Waals surface area contributed by atoms with Crippen molar-refractivity contribution in [2.75, 3.05) is 12.3 Å². The number of aliphatic carboxylic acids is 1. The molecule has 5 N–H and O–H groups in total. The quantitative estimate of drug-likeness (QED) is 0.336. The van der Waals surface area contributed by atoms with Crippen LogP contribution in [0.25, 0.3) is 0 Å². The molecule has 0 radical (unpaired) electrons. The molecule has 0 aromatic heterocycles. The summed E-state index contributed by atoms with van der Waals surface area (Å²) in [5, 5.41) is 14.4. The van der Waals surface area contributed by atoms with Crippen molar-refractivity contribution in [3.8, 4) is 0 Å². The van der Waals surface area contributed by atoms with Crippen LogP contribution in [0, 0.1) is 5.92 Å². The minimum atomic E-state index is -1.07. The van der Waals surface area contributed by atoms with Crippen molar-refractivity contribution in [2.24, 2.45) is 11.7 Å². The molecule has 3 amide bonds. The number of amides is 3. The third-order valence-electron chi connectivity index (χ3n) is 4.28. The van der Waals surface area contributed by atoms with E-state index < -0.39 is 47.9 Å². The van der Waals surface area contributed by atoms with Gasteiger partial charge in [-0.3, -0.25) is 14.4 Å². The second kappa shape index (κ2) is 9.77. The maximum atomic E-state index is 12.6. The molecule has 0 aromatic rings. The van der Waals surface area contributed by atoms with Crippen molar-refractivity contribution in [1.29, 1.82) is 0 Å². The fourth-order valence-electron chi connectivity index (χ4n) is 2.75. The van der Waals surface area contributed by atoms with Crippen LogP contribution in [0.1, 0.15) is 33.6 Å². The van der Waals surface area contributed by atoms with Crippen LogP contribution in [0.5, 0.6) is 0 Å². The Hall–Kier alpha value is -1.81. The van der Waals surface area contributed by atoms with Gasteiger partial charge in [0.05, 0.1) is 6.04 Å². The Kier molecular flexibility index (Phi) is 8.35. The number of nitrogens with zero attached hydrogens (tertiary/aromatic N) is 1. The number of nitrogens with two attached hydrogens (primary N) is 1. The Balaban J connectivity index is 2.83. The molecule has 1 aliphatic rings. The first-order chi connectivity index (χ1) is 12.1. The van der Waals surface area contributed by atoms with Gasteiger partial charge >= 0.3 is 5.97 Å². The molecule has 0 bridgehead atoms. The standard InChI is InChI=1S/C16H28N4O5S/c1-8(2)12(19-13(21)9(3)17)14(22)18-10(7-26)15(23)20-6-4-5-11(20)16(24)25/h8-12,26H,4-7,17H2,1-3H3,(H,18,22)(H,19,21)(H,24,25). The lowest BCUT2D eigenvalue weighted by atomic mass is 10.0. The van der Waals surface area contributed by atoms with Gasteiger partial charge in [-0.1, -0.05) is 13.8 Å². The number of carbonyl (C=O) groups excluding carboxylic acids is 3. The van der Waals surface area contributed by atoms with Gasteiger partial charge in [0.1, 0.15) is 18.1 Å². The van der Waals surface area contributed by atoms with Gasteiger partial charge in [0.25, 0.3) is 0 Å². The Bertz CT molecular complexity index is 555. The minimum Gasteiger partial charge on any atom is -0.480 e. The molecule has 0 aromatic carbocycles. The summed E-state index contributed by atoms with van der Waals surface area (Å²) in [6, 6.07) is -3.50. The summed E-state index contributed by atoms with van der Waals surface area (Å²) in [6.45, 7) is 5.34. The molecule has 9 nitrogen and oxygen atoms in total. The number of hydrogen-bond donors (Lipinski definition) is 5. The van der Waals surface area contributed by atoms with E-state index in [0.717, 1.165) is 0 Å². The van der Waals surface area contributed by atoms with Gasteiger partial charge in [0.15, 0.2) is 0 Å². The van der Waals surface area contributed by atoms with Gasteiger partial charge in [-0.15, -0.1) is 0 Å². The highest BCUT2D eigenvalue weighted by Crippen LogP contribution is 2.19. The van der Waals surface area contributed by atoms with Crippen LogP contribution < -0.4 is 16.4 Å². The number of hydrogen-bond acceptors (Lipinski definition) is 6. The first-order valence-corrected chi connectivity index (χ1v) is 9.23. The molecule has 4 atom stereocenters. The van der Waals surface area contributed by atoms with Crippen molar-refractivity contribution in [1.82, 2.24) is 15.5 Å². The van der Waals surface area contributed by atoms with E-state index in [4.69, 9.17) is 5.73 Å². The van der Waals surface area contributed by atoms with Crippen molar-refractivity contribution in [2.45, 2.75) is 57.8 Å². The molecule has 4 unspecified atom stereocenters. The maximum absolute atomic E-state index is 12.6. The lowest BCUT2D eigenvalue weighted by Gasteiger charge is -2.29.